The van der Waals surface area contributed by atoms with Crippen LogP contribution in [0.3, 0.4) is 0 Å². The highest BCUT2D eigenvalue weighted by molar-refractivity contribution is 7.86. The highest BCUT2D eigenvalue weighted by Gasteiger charge is 2.43. The van der Waals surface area contributed by atoms with E-state index in [9.17, 15) is 35.5 Å². The number of fused-ring (bicyclic) bond motifs is 2. The van der Waals surface area contributed by atoms with E-state index in [2.05, 4.69) is 5.32 Å². The fourth-order valence-corrected chi connectivity index (χ4v) is 5.45. The van der Waals surface area contributed by atoms with Crippen molar-refractivity contribution >= 4 is 48.9 Å². The summed E-state index contributed by atoms with van der Waals surface area (Å²) in [6, 6.07) is 4.81. The second-order valence-corrected chi connectivity index (χ2v) is 10.5. The van der Waals surface area contributed by atoms with Crippen molar-refractivity contribution < 1.29 is 35.5 Å². The number of benzene rings is 2. The first-order chi connectivity index (χ1) is 15.3. The Balaban J connectivity index is 1.98. The third kappa shape index (κ3) is 3.86. The van der Waals surface area contributed by atoms with Gasteiger partial charge in [-0.15, -0.1) is 0 Å². The average Bonchev–Trinajstić information content (AvgIpc) is 2.72. The number of nitrogens with two attached hydrogens (primary N) is 1. The van der Waals surface area contributed by atoms with Crippen LogP contribution in [-0.2, 0) is 20.2 Å². The summed E-state index contributed by atoms with van der Waals surface area (Å²) in [4.78, 5) is 25.3. The number of hydrogen-bond acceptors (Lipinski definition) is 8. The molecular formula is C21H18N2O8S2. The lowest BCUT2D eigenvalue weighted by atomic mass is 9.71. The molecule has 5 N–H and O–H groups in total. The molecule has 0 amide bonds. The molecule has 0 unspecified atom stereocenters. The number of hydrogen-bond donors (Lipinski definition) is 4. The summed E-state index contributed by atoms with van der Waals surface area (Å²) in [6.45, 7) is 1.46. The van der Waals surface area contributed by atoms with Crippen LogP contribution in [0, 0.1) is 18.8 Å². The molecule has 0 bridgehead atoms. The molecule has 0 aliphatic heterocycles. The van der Waals surface area contributed by atoms with Gasteiger partial charge in [0.2, 0.25) is 0 Å². The van der Waals surface area contributed by atoms with Crippen molar-refractivity contribution in [2.45, 2.75) is 16.7 Å². The molecule has 33 heavy (non-hydrogen) atoms. The van der Waals surface area contributed by atoms with Gasteiger partial charge in [0.1, 0.15) is 4.90 Å². The summed E-state index contributed by atoms with van der Waals surface area (Å²) in [6.07, 6.45) is 6.26. The van der Waals surface area contributed by atoms with Crippen molar-refractivity contribution in [2.24, 2.45) is 11.8 Å². The maximum Gasteiger partial charge on any atom is 0.296 e. The standard InChI is InChI=1S/C21H18N2O8S2/c1-10-6-7-11(8-15(10)32(26,27)28)23-14-9-16(33(29,30)31)19(22)18-17(14)20(24)12-4-2-3-5-13(12)21(18)25/h2-9,12-13,23H,22H2,1H3,(H,26,27,28)(H,29,30,31)/t12-,13+/m0/s1. The first kappa shape index (κ1) is 22.9. The zero-order valence-corrected chi connectivity index (χ0v) is 18.6. The molecule has 0 spiro atoms. The first-order valence-corrected chi connectivity index (χ1v) is 12.4. The van der Waals surface area contributed by atoms with Crippen LogP contribution >= 0.6 is 0 Å². The predicted molar refractivity (Wildman–Crippen MR) is 119 cm³/mol. The number of Topliss-reactive ketones (excluding diaryl/α,β-unsaturated/α-hetero) is 2. The van der Waals surface area contributed by atoms with Crippen LogP contribution in [-0.4, -0.2) is 37.5 Å². The van der Waals surface area contributed by atoms with E-state index in [1.165, 1.54) is 25.1 Å². The maximum absolute atomic E-state index is 13.3. The Morgan fingerprint density at radius 3 is 1.94 bits per heavy atom. The number of ketones is 2. The Hall–Kier alpha value is -3.32. The number of aryl methyl sites for hydroxylation is 1. The molecule has 0 saturated carbocycles. The minimum atomic E-state index is -4.89. The molecule has 2 aromatic rings. The van der Waals surface area contributed by atoms with Crippen LogP contribution in [0.1, 0.15) is 26.3 Å². The molecule has 10 nitrogen and oxygen atoms in total. The molecule has 2 aliphatic rings. The molecule has 0 heterocycles. The summed E-state index contributed by atoms with van der Waals surface area (Å²) in [7, 11) is -9.46. The molecule has 12 heteroatoms. The van der Waals surface area contributed by atoms with Crippen LogP contribution < -0.4 is 11.1 Å². The Morgan fingerprint density at radius 1 is 0.848 bits per heavy atom. The number of carbonyl (C=O) groups is 2. The quantitative estimate of drug-likeness (QED) is 0.367. The van der Waals surface area contributed by atoms with E-state index in [1.807, 2.05) is 0 Å². The van der Waals surface area contributed by atoms with Crippen molar-refractivity contribution in [2.75, 3.05) is 11.1 Å². The minimum absolute atomic E-state index is 0.0722. The number of nitrogens with one attached hydrogen (secondary N) is 1. The number of allylic oxidation sites excluding steroid dienone is 4. The van der Waals surface area contributed by atoms with Crippen molar-refractivity contribution in [3.05, 3.63) is 65.3 Å². The Bertz CT molecular complexity index is 1510. The Morgan fingerprint density at radius 2 is 1.39 bits per heavy atom. The van der Waals surface area contributed by atoms with Gasteiger partial charge < -0.3 is 11.1 Å². The molecule has 172 valence electrons. The van der Waals surface area contributed by atoms with Gasteiger partial charge in [0.25, 0.3) is 20.2 Å². The summed E-state index contributed by atoms with van der Waals surface area (Å²) < 4.78 is 66.4. The van der Waals surface area contributed by atoms with E-state index in [4.69, 9.17) is 5.73 Å². The topological polar surface area (TPSA) is 181 Å². The Labute approximate surface area is 189 Å². The van der Waals surface area contributed by atoms with Crippen molar-refractivity contribution in [1.29, 1.82) is 0 Å². The van der Waals surface area contributed by atoms with Gasteiger partial charge >= 0.3 is 0 Å². The second kappa shape index (κ2) is 7.63. The molecule has 0 radical (unpaired) electrons. The van der Waals surface area contributed by atoms with Gasteiger partial charge in [0, 0.05) is 5.69 Å². The lowest BCUT2D eigenvalue weighted by Gasteiger charge is -2.31. The zero-order chi connectivity index (χ0) is 24.3. The first-order valence-electron chi connectivity index (χ1n) is 9.53. The lowest BCUT2D eigenvalue weighted by Crippen LogP contribution is -2.37. The van der Waals surface area contributed by atoms with E-state index < -0.39 is 59.1 Å². The molecule has 0 fully saturated rings. The van der Waals surface area contributed by atoms with Gasteiger partial charge in [0.15, 0.2) is 11.6 Å². The van der Waals surface area contributed by atoms with Crippen molar-refractivity contribution in [3.63, 3.8) is 0 Å². The number of nitrogen functional groups attached to an aromatic ring is 1. The summed E-state index contributed by atoms with van der Waals surface area (Å²) in [5, 5.41) is 2.74. The van der Waals surface area contributed by atoms with E-state index >= 15 is 0 Å². The highest BCUT2D eigenvalue weighted by Crippen LogP contribution is 2.43. The zero-order valence-electron chi connectivity index (χ0n) is 17.0. The van der Waals surface area contributed by atoms with Crippen LogP contribution in [0.25, 0.3) is 0 Å². The fourth-order valence-electron chi connectivity index (χ4n) is 4.05. The normalized spacial score (nSPS) is 19.8. The number of anilines is 3. The summed E-state index contributed by atoms with van der Waals surface area (Å²) in [5.41, 5.74) is 5.00. The maximum atomic E-state index is 13.3. The molecule has 0 saturated heterocycles. The van der Waals surface area contributed by atoms with Gasteiger partial charge in [-0.3, -0.25) is 18.7 Å². The third-order valence-corrected chi connectivity index (χ3v) is 7.47. The molecule has 2 atom stereocenters. The summed E-state index contributed by atoms with van der Waals surface area (Å²) in [5.74, 6) is -2.82. The van der Waals surface area contributed by atoms with Crippen LogP contribution in [0.2, 0.25) is 0 Å². The average molecular weight is 491 g/mol. The largest absolute Gasteiger partial charge is 0.397 e. The molecule has 0 aromatic heterocycles. The monoisotopic (exact) mass is 490 g/mol. The fraction of sp³-hybridized carbons (Fsp3) is 0.143. The summed E-state index contributed by atoms with van der Waals surface area (Å²) >= 11 is 0. The smallest absolute Gasteiger partial charge is 0.296 e. The number of carbonyl (C=O) groups excluding carboxylic acids is 2. The second-order valence-electron chi connectivity index (χ2n) is 7.69. The van der Waals surface area contributed by atoms with Crippen molar-refractivity contribution in [1.82, 2.24) is 0 Å². The Kier molecular flexibility index (Phi) is 5.28. The van der Waals surface area contributed by atoms with Gasteiger partial charge in [0.05, 0.1) is 39.2 Å². The van der Waals surface area contributed by atoms with Gasteiger partial charge in [-0.05, 0) is 30.7 Å². The van der Waals surface area contributed by atoms with Crippen LogP contribution in [0.15, 0.2) is 58.4 Å². The predicted octanol–water partition coefficient (Wildman–Crippen LogP) is 2.55. The van der Waals surface area contributed by atoms with Gasteiger partial charge in [-0.2, -0.15) is 16.8 Å². The van der Waals surface area contributed by atoms with Gasteiger partial charge in [-0.25, -0.2) is 0 Å². The molecule has 4 rings (SSSR count). The van der Waals surface area contributed by atoms with Crippen molar-refractivity contribution in [3.8, 4) is 0 Å². The van der Waals surface area contributed by atoms with Crippen LogP contribution in [0.5, 0.6) is 0 Å². The lowest BCUT2D eigenvalue weighted by molar-refractivity contribution is 0.0803. The third-order valence-electron chi connectivity index (χ3n) is 5.59. The highest BCUT2D eigenvalue weighted by atomic mass is 32.2. The molecule has 2 aliphatic carbocycles. The van der Waals surface area contributed by atoms with E-state index in [1.54, 1.807) is 18.2 Å². The van der Waals surface area contributed by atoms with E-state index in [0.29, 0.717) is 0 Å². The minimum Gasteiger partial charge on any atom is -0.397 e. The SMILES string of the molecule is Cc1ccc(Nc2cc(S(=O)(=O)O)c(N)c3c2C(=O)[C@H]2C=CC=C[C@H]2C3=O)cc1S(=O)(=O)O. The molecule has 2 aromatic carbocycles. The molecular weight excluding hydrogens is 472 g/mol. The van der Waals surface area contributed by atoms with E-state index in [0.717, 1.165) is 12.1 Å². The van der Waals surface area contributed by atoms with Gasteiger partial charge in [-0.1, -0.05) is 30.4 Å². The number of rotatable bonds is 4. The van der Waals surface area contributed by atoms with Crippen LogP contribution in [0.4, 0.5) is 17.1 Å². The van der Waals surface area contributed by atoms with E-state index in [-0.39, 0.29) is 28.1 Å².